The molecule has 3 aliphatic heterocycles. The van der Waals surface area contributed by atoms with Crippen LogP contribution >= 0.6 is 0 Å². The summed E-state index contributed by atoms with van der Waals surface area (Å²) in [5.74, 6) is -0.668. The zero-order chi connectivity index (χ0) is 20.7. The predicted molar refractivity (Wildman–Crippen MR) is 105 cm³/mol. The highest BCUT2D eigenvalue weighted by Gasteiger charge is 2.41. The lowest BCUT2D eigenvalue weighted by molar-refractivity contribution is -0.119. The zero-order valence-electron chi connectivity index (χ0n) is 16.0. The van der Waals surface area contributed by atoms with E-state index in [4.69, 9.17) is 14.2 Å². The van der Waals surface area contributed by atoms with Gasteiger partial charge in [0.05, 0.1) is 24.8 Å². The monoisotopic (exact) mass is 409 g/mol. The molecule has 1 amide bonds. The minimum absolute atomic E-state index is 0.177. The molecule has 10 heteroatoms. The van der Waals surface area contributed by atoms with Crippen molar-refractivity contribution in [1.82, 2.24) is 9.97 Å². The SMILES string of the molecule is N#CC1C(=O)Nc2nc(N3CCOCC3)[nH]c(=O)c2C1c1ccc2c(c1)OCCO2. The molecule has 2 aromatic rings. The number of nitrogens with zero attached hydrogens (tertiary/aromatic N) is 3. The van der Waals surface area contributed by atoms with Gasteiger partial charge in [-0.05, 0) is 17.7 Å². The lowest BCUT2D eigenvalue weighted by Gasteiger charge is -2.31. The number of hydrogen-bond donors (Lipinski definition) is 2. The Labute approximate surface area is 171 Å². The maximum Gasteiger partial charge on any atom is 0.258 e. The molecule has 2 N–H and O–H groups in total. The molecule has 0 aliphatic carbocycles. The lowest BCUT2D eigenvalue weighted by Crippen LogP contribution is -2.41. The molecular formula is C20H19N5O5. The van der Waals surface area contributed by atoms with E-state index >= 15 is 0 Å². The van der Waals surface area contributed by atoms with Crippen LogP contribution in [0, 0.1) is 17.2 Å². The second-order valence-corrected chi connectivity index (χ2v) is 7.23. The largest absolute Gasteiger partial charge is 0.486 e. The predicted octanol–water partition coefficient (Wildman–Crippen LogP) is 0.601. The molecule has 0 saturated carbocycles. The van der Waals surface area contributed by atoms with Crippen LogP contribution in [-0.2, 0) is 9.53 Å². The third-order valence-corrected chi connectivity index (χ3v) is 5.49. The summed E-state index contributed by atoms with van der Waals surface area (Å²) in [4.78, 5) is 35.0. The third kappa shape index (κ3) is 3.04. The van der Waals surface area contributed by atoms with Crippen LogP contribution in [0.5, 0.6) is 11.5 Å². The van der Waals surface area contributed by atoms with E-state index in [0.29, 0.717) is 62.5 Å². The van der Waals surface area contributed by atoms with E-state index in [0.717, 1.165) is 0 Å². The van der Waals surface area contributed by atoms with E-state index in [1.54, 1.807) is 18.2 Å². The van der Waals surface area contributed by atoms with Gasteiger partial charge in [-0.3, -0.25) is 14.6 Å². The molecule has 30 heavy (non-hydrogen) atoms. The number of nitriles is 1. The second kappa shape index (κ2) is 7.35. The summed E-state index contributed by atoms with van der Waals surface area (Å²) in [5.41, 5.74) is 0.491. The number of morpholine rings is 1. The molecule has 3 aliphatic rings. The smallest absolute Gasteiger partial charge is 0.258 e. The van der Waals surface area contributed by atoms with Gasteiger partial charge in [0.25, 0.3) is 5.56 Å². The number of ether oxygens (including phenoxy) is 3. The first-order chi connectivity index (χ1) is 14.7. The molecule has 1 fully saturated rings. The van der Waals surface area contributed by atoms with E-state index in [-0.39, 0.29) is 16.9 Å². The fourth-order valence-electron chi connectivity index (χ4n) is 4.04. The van der Waals surface area contributed by atoms with Crippen molar-refractivity contribution in [3.05, 3.63) is 39.7 Å². The minimum atomic E-state index is -1.07. The van der Waals surface area contributed by atoms with Gasteiger partial charge in [0.15, 0.2) is 11.5 Å². The van der Waals surface area contributed by atoms with Crippen molar-refractivity contribution >= 4 is 17.7 Å². The van der Waals surface area contributed by atoms with Gasteiger partial charge in [-0.2, -0.15) is 10.2 Å². The van der Waals surface area contributed by atoms with Gasteiger partial charge in [0.2, 0.25) is 11.9 Å². The van der Waals surface area contributed by atoms with Crippen LogP contribution in [0.1, 0.15) is 17.0 Å². The molecule has 1 aromatic heterocycles. The Morgan fingerprint density at radius 2 is 1.87 bits per heavy atom. The van der Waals surface area contributed by atoms with Gasteiger partial charge in [-0.15, -0.1) is 0 Å². The van der Waals surface area contributed by atoms with Crippen LogP contribution in [0.3, 0.4) is 0 Å². The van der Waals surface area contributed by atoms with Crippen LogP contribution in [0.25, 0.3) is 0 Å². The van der Waals surface area contributed by atoms with E-state index in [9.17, 15) is 14.9 Å². The number of anilines is 2. The highest BCUT2D eigenvalue weighted by Crippen LogP contribution is 2.41. The minimum Gasteiger partial charge on any atom is -0.486 e. The number of carbonyl (C=O) groups is 1. The first-order valence-electron chi connectivity index (χ1n) is 9.72. The van der Waals surface area contributed by atoms with Crippen molar-refractivity contribution in [2.24, 2.45) is 5.92 Å². The number of aromatic amines is 1. The van der Waals surface area contributed by atoms with Crippen molar-refractivity contribution in [3.63, 3.8) is 0 Å². The van der Waals surface area contributed by atoms with Crippen LogP contribution in [-0.4, -0.2) is 55.4 Å². The summed E-state index contributed by atoms with van der Waals surface area (Å²) in [6, 6.07) is 7.24. The highest BCUT2D eigenvalue weighted by atomic mass is 16.6. The highest BCUT2D eigenvalue weighted by molar-refractivity contribution is 5.98. The van der Waals surface area contributed by atoms with Gasteiger partial charge < -0.3 is 24.4 Å². The fraction of sp³-hybridized carbons (Fsp3) is 0.400. The lowest BCUT2D eigenvalue weighted by atomic mass is 9.79. The zero-order valence-corrected chi connectivity index (χ0v) is 16.0. The number of amides is 1. The van der Waals surface area contributed by atoms with Crippen molar-refractivity contribution in [2.45, 2.75) is 5.92 Å². The Morgan fingerprint density at radius 1 is 1.10 bits per heavy atom. The molecule has 0 bridgehead atoms. The molecule has 2 atom stereocenters. The number of H-pyrrole nitrogens is 1. The molecule has 0 spiro atoms. The number of nitrogens with one attached hydrogen (secondary N) is 2. The van der Waals surface area contributed by atoms with Gasteiger partial charge in [-0.1, -0.05) is 6.07 Å². The molecule has 0 radical (unpaired) electrons. The normalized spacial score (nSPS) is 22.6. The molecule has 154 valence electrons. The Morgan fingerprint density at radius 3 is 2.63 bits per heavy atom. The summed E-state index contributed by atoms with van der Waals surface area (Å²) in [7, 11) is 0. The van der Waals surface area contributed by atoms with Crippen LogP contribution in [0.2, 0.25) is 0 Å². The summed E-state index contributed by atoms with van der Waals surface area (Å²) in [6.07, 6.45) is 0. The maximum absolute atomic E-state index is 13.1. The molecule has 5 rings (SSSR count). The van der Waals surface area contributed by atoms with Crippen LogP contribution < -0.4 is 25.2 Å². The van der Waals surface area contributed by atoms with E-state index in [2.05, 4.69) is 15.3 Å². The Balaban J connectivity index is 1.62. The van der Waals surface area contributed by atoms with Gasteiger partial charge >= 0.3 is 0 Å². The number of rotatable bonds is 2. The first-order valence-corrected chi connectivity index (χ1v) is 9.72. The van der Waals surface area contributed by atoms with Crippen molar-refractivity contribution in [3.8, 4) is 17.6 Å². The number of benzene rings is 1. The summed E-state index contributed by atoms with van der Waals surface area (Å²) >= 11 is 0. The van der Waals surface area contributed by atoms with Crippen molar-refractivity contribution in [1.29, 1.82) is 5.26 Å². The number of hydrogen-bond acceptors (Lipinski definition) is 8. The molecule has 10 nitrogen and oxygen atoms in total. The number of aromatic nitrogens is 2. The first kappa shape index (κ1) is 18.4. The van der Waals surface area contributed by atoms with Crippen molar-refractivity contribution < 1.29 is 19.0 Å². The van der Waals surface area contributed by atoms with E-state index < -0.39 is 17.7 Å². The summed E-state index contributed by atoms with van der Waals surface area (Å²) in [5, 5.41) is 12.3. The molecular weight excluding hydrogens is 390 g/mol. The molecule has 2 unspecified atom stereocenters. The van der Waals surface area contributed by atoms with E-state index in [1.807, 2.05) is 11.0 Å². The summed E-state index contributed by atoms with van der Waals surface area (Å²) < 4.78 is 16.5. The van der Waals surface area contributed by atoms with Gasteiger partial charge in [0.1, 0.15) is 24.9 Å². The molecule has 1 saturated heterocycles. The second-order valence-electron chi connectivity index (χ2n) is 7.23. The molecule has 1 aromatic carbocycles. The number of fused-ring (bicyclic) bond motifs is 2. The van der Waals surface area contributed by atoms with E-state index in [1.165, 1.54) is 0 Å². The summed E-state index contributed by atoms with van der Waals surface area (Å²) in [6.45, 7) is 3.10. The average Bonchev–Trinajstić information content (AvgIpc) is 2.78. The Kier molecular flexibility index (Phi) is 4.52. The standard InChI is InChI=1S/C20H19N5O5/c21-10-12-15(11-1-2-13-14(9-11)30-8-7-29-13)16-17(22-18(12)26)23-20(24-19(16)27)25-3-5-28-6-4-25/h1-2,9,12,15H,3-8H2,(H2,22,23,24,26,27). The van der Waals surface area contributed by atoms with Crippen molar-refractivity contribution in [2.75, 3.05) is 49.7 Å². The van der Waals surface area contributed by atoms with Gasteiger partial charge in [-0.25, -0.2) is 0 Å². The average molecular weight is 409 g/mol. The number of carbonyl (C=O) groups excluding carboxylic acids is 1. The quantitative estimate of drug-likeness (QED) is 0.738. The van der Waals surface area contributed by atoms with Crippen LogP contribution in [0.4, 0.5) is 11.8 Å². The maximum atomic E-state index is 13.1. The van der Waals surface area contributed by atoms with Crippen LogP contribution in [0.15, 0.2) is 23.0 Å². The van der Waals surface area contributed by atoms with Gasteiger partial charge in [0, 0.05) is 19.0 Å². The fourth-order valence-corrected chi connectivity index (χ4v) is 4.04. The molecule has 4 heterocycles. The Bertz CT molecular complexity index is 1100. The third-order valence-electron chi connectivity index (χ3n) is 5.49. The topological polar surface area (TPSA) is 130 Å². The Hall–Kier alpha value is -3.58.